The monoisotopic (exact) mass is 503 g/mol. The molecule has 2 saturated heterocycles. The van der Waals surface area contributed by atoms with Crippen molar-refractivity contribution in [2.24, 2.45) is 0 Å². The van der Waals surface area contributed by atoms with E-state index in [1.807, 2.05) is 0 Å². The SMILES string of the molecule is Cc1cn([C@H]2C[C@H](O)[C@@H](CO)O2)c(=O)n(Cc2ccc3c(ncn3[C@H]3C[C@H](O)[C@@H](CO)O3)c2N)c1=O. The zero-order chi connectivity index (χ0) is 25.7. The second kappa shape index (κ2) is 9.42. The molecule has 3 aromatic rings. The first-order valence-electron chi connectivity index (χ1n) is 11.7. The van der Waals surface area contributed by atoms with Crippen LogP contribution in [0.15, 0.2) is 34.2 Å². The van der Waals surface area contributed by atoms with Crippen LogP contribution in [0.4, 0.5) is 5.69 Å². The summed E-state index contributed by atoms with van der Waals surface area (Å²) in [7, 11) is 0. The topological polar surface area (TPSA) is 187 Å². The normalized spacial score (nSPS) is 28.4. The van der Waals surface area contributed by atoms with Crippen LogP contribution in [0.3, 0.4) is 0 Å². The van der Waals surface area contributed by atoms with Gasteiger partial charge in [0.1, 0.15) is 30.2 Å². The van der Waals surface area contributed by atoms with E-state index in [0.717, 1.165) is 4.57 Å². The molecule has 0 aliphatic carbocycles. The Balaban J connectivity index is 1.48. The van der Waals surface area contributed by atoms with Crippen LogP contribution in [-0.2, 0) is 16.0 Å². The lowest BCUT2D eigenvalue weighted by molar-refractivity contribution is -0.0463. The molecule has 2 aliphatic rings. The second-order valence-electron chi connectivity index (χ2n) is 9.28. The fraction of sp³-hybridized carbons (Fsp3) is 0.522. The van der Waals surface area contributed by atoms with Crippen LogP contribution in [0.2, 0.25) is 0 Å². The van der Waals surface area contributed by atoms with E-state index < -0.39 is 48.1 Å². The summed E-state index contributed by atoms with van der Waals surface area (Å²) in [5.74, 6) is 0. The van der Waals surface area contributed by atoms with Gasteiger partial charge in [0.15, 0.2) is 0 Å². The van der Waals surface area contributed by atoms with Crippen LogP contribution in [0, 0.1) is 6.92 Å². The van der Waals surface area contributed by atoms with Crippen molar-refractivity contribution in [2.75, 3.05) is 18.9 Å². The molecule has 6 N–H and O–H groups in total. The third kappa shape index (κ3) is 4.03. The summed E-state index contributed by atoms with van der Waals surface area (Å²) < 4.78 is 15.4. The zero-order valence-electron chi connectivity index (χ0n) is 19.6. The lowest BCUT2D eigenvalue weighted by atomic mass is 10.1. The number of nitrogens with two attached hydrogens (primary N) is 1. The van der Waals surface area contributed by atoms with Crippen LogP contribution in [0.1, 0.15) is 36.4 Å². The van der Waals surface area contributed by atoms with Crippen molar-refractivity contribution in [2.45, 2.75) is 63.2 Å². The molecule has 0 amide bonds. The zero-order valence-corrected chi connectivity index (χ0v) is 19.6. The Morgan fingerprint density at radius 1 is 1.03 bits per heavy atom. The van der Waals surface area contributed by atoms with Crippen molar-refractivity contribution in [1.29, 1.82) is 0 Å². The Morgan fingerprint density at radius 3 is 2.22 bits per heavy atom. The Labute approximate surface area is 204 Å². The van der Waals surface area contributed by atoms with Gasteiger partial charge in [-0.25, -0.2) is 9.78 Å². The summed E-state index contributed by atoms with van der Waals surface area (Å²) in [6.07, 6.45) is -1.27. The third-order valence-corrected chi connectivity index (χ3v) is 6.96. The summed E-state index contributed by atoms with van der Waals surface area (Å²) >= 11 is 0. The number of hydrogen-bond acceptors (Lipinski definition) is 10. The van der Waals surface area contributed by atoms with E-state index in [1.165, 1.54) is 17.1 Å². The average molecular weight is 504 g/mol. The smallest absolute Gasteiger partial charge is 0.333 e. The van der Waals surface area contributed by atoms with E-state index in [4.69, 9.17) is 15.2 Å². The maximum atomic E-state index is 13.3. The first kappa shape index (κ1) is 24.6. The number of nitrogens with zero attached hydrogens (tertiary/aromatic N) is 4. The lowest BCUT2D eigenvalue weighted by Gasteiger charge is -2.18. The minimum atomic E-state index is -0.932. The van der Waals surface area contributed by atoms with Crippen LogP contribution in [-0.4, -0.2) is 76.7 Å². The quantitative estimate of drug-likeness (QED) is 0.250. The van der Waals surface area contributed by atoms with Gasteiger partial charge >= 0.3 is 5.69 Å². The number of fused-ring (bicyclic) bond motifs is 1. The molecule has 0 bridgehead atoms. The molecule has 2 aromatic heterocycles. The lowest BCUT2D eigenvalue weighted by Crippen LogP contribution is -2.42. The van der Waals surface area contributed by atoms with Gasteiger partial charge in [-0.15, -0.1) is 0 Å². The highest BCUT2D eigenvalue weighted by molar-refractivity contribution is 5.89. The molecule has 194 valence electrons. The minimum Gasteiger partial charge on any atom is -0.397 e. The van der Waals surface area contributed by atoms with E-state index in [0.29, 0.717) is 22.2 Å². The van der Waals surface area contributed by atoms with Gasteiger partial charge in [0.2, 0.25) is 0 Å². The number of hydrogen-bond donors (Lipinski definition) is 5. The maximum Gasteiger partial charge on any atom is 0.333 e. The first-order chi connectivity index (χ1) is 17.2. The van der Waals surface area contributed by atoms with E-state index >= 15 is 0 Å². The number of aryl methyl sites for hydroxylation is 1. The summed E-state index contributed by atoms with van der Waals surface area (Å²) in [5.41, 5.74) is 7.47. The Hall–Kier alpha value is -3.07. The van der Waals surface area contributed by atoms with Crippen LogP contribution in [0.25, 0.3) is 11.0 Å². The molecule has 0 spiro atoms. The second-order valence-corrected chi connectivity index (χ2v) is 9.28. The fourth-order valence-corrected chi connectivity index (χ4v) is 4.91. The van der Waals surface area contributed by atoms with Crippen molar-refractivity contribution >= 4 is 16.7 Å². The van der Waals surface area contributed by atoms with Crippen molar-refractivity contribution < 1.29 is 29.9 Å². The molecule has 0 radical (unpaired) electrons. The predicted octanol–water partition coefficient (Wildman–Crippen LogP) is -1.42. The molecule has 6 atom stereocenters. The van der Waals surface area contributed by atoms with Gasteiger partial charge in [0, 0.05) is 24.6 Å². The molecule has 0 unspecified atom stereocenters. The van der Waals surface area contributed by atoms with Gasteiger partial charge in [0.05, 0.1) is 49.5 Å². The largest absolute Gasteiger partial charge is 0.397 e. The molecule has 5 rings (SSSR count). The van der Waals surface area contributed by atoms with Crippen molar-refractivity contribution in [3.63, 3.8) is 0 Å². The molecule has 36 heavy (non-hydrogen) atoms. The maximum absolute atomic E-state index is 13.3. The Bertz CT molecular complexity index is 1400. The van der Waals surface area contributed by atoms with Gasteiger partial charge in [-0.1, -0.05) is 6.07 Å². The molecule has 2 aliphatic heterocycles. The standard InChI is InChI=1S/C23H29N5O8/c1-11-6-26(18-4-14(31)16(8-29)35-18)23(34)27(22(11)33)7-12-2-3-13-21(20(12)24)25-10-28(13)19-5-15(32)17(9-30)36-19/h2-3,6,10,14-19,29-32H,4-5,7-9,24H2,1H3/t14-,15-,16+,17+,18+,19+/m0/s1. The Kier molecular flexibility index (Phi) is 6.44. The van der Waals surface area contributed by atoms with Crippen LogP contribution in [0.5, 0.6) is 0 Å². The summed E-state index contributed by atoms with van der Waals surface area (Å²) in [5, 5.41) is 38.9. The molecular weight excluding hydrogens is 474 g/mol. The van der Waals surface area contributed by atoms with Crippen molar-refractivity contribution in [1.82, 2.24) is 18.7 Å². The van der Waals surface area contributed by atoms with E-state index in [1.54, 1.807) is 23.6 Å². The highest BCUT2D eigenvalue weighted by atomic mass is 16.5. The molecular formula is C23H29N5O8. The van der Waals surface area contributed by atoms with Crippen LogP contribution < -0.4 is 17.0 Å². The molecule has 1 aromatic carbocycles. The Morgan fingerprint density at radius 2 is 1.64 bits per heavy atom. The molecule has 13 heteroatoms. The number of aliphatic hydroxyl groups excluding tert-OH is 4. The third-order valence-electron chi connectivity index (χ3n) is 6.96. The van der Waals surface area contributed by atoms with Crippen molar-refractivity contribution in [3.05, 3.63) is 56.6 Å². The predicted molar refractivity (Wildman–Crippen MR) is 126 cm³/mol. The first-order valence-corrected chi connectivity index (χ1v) is 11.7. The van der Waals surface area contributed by atoms with Gasteiger partial charge < -0.3 is 40.2 Å². The molecule has 2 fully saturated rings. The van der Waals surface area contributed by atoms with E-state index in [9.17, 15) is 30.0 Å². The number of ether oxygens (including phenoxy) is 2. The summed E-state index contributed by atoms with van der Waals surface area (Å²) in [4.78, 5) is 30.5. The number of rotatable bonds is 6. The number of aliphatic hydroxyl groups is 4. The fourth-order valence-electron chi connectivity index (χ4n) is 4.91. The molecule has 13 nitrogen and oxygen atoms in total. The van der Waals surface area contributed by atoms with Gasteiger partial charge in [-0.2, -0.15) is 0 Å². The van der Waals surface area contributed by atoms with Gasteiger partial charge in [-0.3, -0.25) is 13.9 Å². The molecule has 0 saturated carbocycles. The number of imidazole rings is 1. The van der Waals surface area contributed by atoms with Gasteiger partial charge in [0.25, 0.3) is 5.56 Å². The molecule has 4 heterocycles. The van der Waals surface area contributed by atoms with Crippen molar-refractivity contribution in [3.8, 4) is 0 Å². The number of aromatic nitrogens is 4. The summed E-state index contributed by atoms with van der Waals surface area (Å²) in [6.45, 7) is 0.774. The number of nitrogen functional groups attached to an aromatic ring is 1. The van der Waals surface area contributed by atoms with E-state index in [-0.39, 0.29) is 38.3 Å². The number of benzene rings is 1. The minimum absolute atomic E-state index is 0.101. The number of anilines is 1. The highest BCUT2D eigenvalue weighted by Gasteiger charge is 2.36. The van der Waals surface area contributed by atoms with Gasteiger partial charge in [-0.05, 0) is 18.6 Å². The highest BCUT2D eigenvalue weighted by Crippen LogP contribution is 2.33. The van der Waals surface area contributed by atoms with Crippen LogP contribution >= 0.6 is 0 Å². The van der Waals surface area contributed by atoms with E-state index in [2.05, 4.69) is 4.98 Å². The summed E-state index contributed by atoms with van der Waals surface area (Å²) in [6, 6.07) is 3.44. The average Bonchev–Trinajstić information content (AvgIpc) is 3.56.